The Kier molecular flexibility index (Phi) is 5.77. The molecular formula is C22H33N5O3. The average molecular weight is 416 g/mol. The van der Waals surface area contributed by atoms with E-state index in [0.717, 1.165) is 68.2 Å². The lowest BCUT2D eigenvalue weighted by atomic mass is 10.1. The molecule has 8 heteroatoms. The average Bonchev–Trinajstić information content (AvgIpc) is 3.28. The molecule has 2 aliphatic rings. The molecule has 2 aromatic rings. The summed E-state index contributed by atoms with van der Waals surface area (Å²) in [5.74, 6) is 0.932. The van der Waals surface area contributed by atoms with Crippen molar-refractivity contribution in [2.75, 3.05) is 36.5 Å². The third kappa shape index (κ3) is 4.80. The predicted octanol–water partition coefficient (Wildman–Crippen LogP) is 3.27. The van der Waals surface area contributed by atoms with E-state index in [2.05, 4.69) is 38.3 Å². The fourth-order valence-corrected chi connectivity index (χ4v) is 4.19. The number of piperidine rings is 1. The summed E-state index contributed by atoms with van der Waals surface area (Å²) >= 11 is 0. The minimum absolute atomic E-state index is 0.0491. The zero-order valence-corrected chi connectivity index (χ0v) is 18.4. The molecule has 8 nitrogen and oxygen atoms in total. The molecule has 1 aromatic carbocycles. The fourth-order valence-electron chi connectivity index (χ4n) is 4.19. The van der Waals surface area contributed by atoms with Crippen molar-refractivity contribution in [1.29, 1.82) is 0 Å². The molecule has 0 aliphatic carbocycles. The highest BCUT2D eigenvalue weighted by atomic mass is 16.6. The zero-order chi connectivity index (χ0) is 21.3. The molecule has 0 bridgehead atoms. The second-order valence-corrected chi connectivity index (χ2v) is 9.31. The Hall–Kier alpha value is -2.48. The molecule has 2 N–H and O–H groups in total. The van der Waals surface area contributed by atoms with Crippen molar-refractivity contribution in [2.45, 2.75) is 57.7 Å². The summed E-state index contributed by atoms with van der Waals surface area (Å²) in [5, 5.41) is 6.56. The third-order valence-corrected chi connectivity index (χ3v) is 5.58. The molecule has 1 unspecified atom stereocenters. The van der Waals surface area contributed by atoms with E-state index in [1.807, 2.05) is 27.8 Å². The van der Waals surface area contributed by atoms with Crippen molar-refractivity contribution in [3.8, 4) is 0 Å². The Morgan fingerprint density at radius 3 is 2.83 bits per heavy atom. The summed E-state index contributed by atoms with van der Waals surface area (Å²) in [4.78, 5) is 19.3. The Morgan fingerprint density at radius 1 is 1.27 bits per heavy atom. The topological polar surface area (TPSA) is 80.7 Å². The molecule has 0 radical (unpaired) electrons. The molecule has 30 heavy (non-hydrogen) atoms. The molecule has 3 heterocycles. The maximum absolute atomic E-state index is 12.2. The van der Waals surface area contributed by atoms with E-state index in [4.69, 9.17) is 14.5 Å². The first kappa shape index (κ1) is 20.8. The van der Waals surface area contributed by atoms with Crippen LogP contribution in [0, 0.1) is 0 Å². The van der Waals surface area contributed by atoms with Crippen LogP contribution in [0.2, 0.25) is 0 Å². The predicted molar refractivity (Wildman–Crippen MR) is 118 cm³/mol. The minimum Gasteiger partial charge on any atom is -0.444 e. The molecule has 2 atom stereocenters. The Labute approximate surface area is 177 Å². The lowest BCUT2D eigenvalue weighted by Gasteiger charge is -2.34. The number of carbonyl (C=O) groups is 1. The molecule has 1 aromatic heterocycles. The molecule has 4 rings (SSSR count). The van der Waals surface area contributed by atoms with Crippen molar-refractivity contribution >= 4 is 28.8 Å². The molecule has 2 saturated heterocycles. The number of nitrogens with one attached hydrogen (secondary N) is 2. The van der Waals surface area contributed by atoms with Crippen LogP contribution < -0.4 is 15.5 Å². The maximum Gasteiger partial charge on any atom is 0.407 e. The quantitative estimate of drug-likeness (QED) is 0.798. The summed E-state index contributed by atoms with van der Waals surface area (Å²) in [6.45, 7) is 8.85. The second-order valence-electron chi connectivity index (χ2n) is 9.31. The van der Waals surface area contributed by atoms with E-state index < -0.39 is 5.60 Å². The van der Waals surface area contributed by atoms with Crippen LogP contribution in [0.5, 0.6) is 0 Å². The maximum atomic E-state index is 12.2. The van der Waals surface area contributed by atoms with Gasteiger partial charge in [-0.3, -0.25) is 0 Å². The Bertz CT molecular complexity index is 898. The van der Waals surface area contributed by atoms with Gasteiger partial charge in [-0.25, -0.2) is 9.78 Å². The largest absolute Gasteiger partial charge is 0.444 e. The van der Waals surface area contributed by atoms with E-state index >= 15 is 0 Å². The summed E-state index contributed by atoms with van der Waals surface area (Å²) in [6.07, 6.45) is 2.62. The van der Waals surface area contributed by atoms with Crippen LogP contribution in [-0.4, -0.2) is 59.6 Å². The first-order chi connectivity index (χ1) is 14.3. The highest BCUT2D eigenvalue weighted by Gasteiger charge is 2.26. The number of hydrogen-bond donors (Lipinski definition) is 2. The number of amides is 1. The van der Waals surface area contributed by atoms with E-state index in [1.54, 1.807) is 0 Å². The van der Waals surface area contributed by atoms with Crippen molar-refractivity contribution in [3.63, 3.8) is 0 Å². The van der Waals surface area contributed by atoms with Gasteiger partial charge in [0.05, 0.1) is 23.7 Å². The van der Waals surface area contributed by atoms with Gasteiger partial charge in [-0.15, -0.1) is 0 Å². The number of hydrogen-bond acceptors (Lipinski definition) is 6. The smallest absolute Gasteiger partial charge is 0.407 e. The summed E-state index contributed by atoms with van der Waals surface area (Å²) in [6, 6.07) is 6.75. The van der Waals surface area contributed by atoms with Crippen LogP contribution in [0.15, 0.2) is 18.2 Å². The van der Waals surface area contributed by atoms with Gasteiger partial charge in [0, 0.05) is 38.5 Å². The van der Waals surface area contributed by atoms with Gasteiger partial charge in [0.25, 0.3) is 0 Å². The van der Waals surface area contributed by atoms with Gasteiger partial charge in [-0.1, -0.05) is 0 Å². The fraction of sp³-hybridized carbons (Fsp3) is 0.636. The van der Waals surface area contributed by atoms with Crippen LogP contribution in [0.1, 0.15) is 40.0 Å². The zero-order valence-electron chi connectivity index (χ0n) is 18.4. The van der Waals surface area contributed by atoms with Crippen LogP contribution in [0.4, 0.5) is 16.4 Å². The highest BCUT2D eigenvalue weighted by molar-refractivity contribution is 5.82. The van der Waals surface area contributed by atoms with Gasteiger partial charge in [-0.05, 0) is 58.2 Å². The number of ether oxygens (including phenoxy) is 2. The van der Waals surface area contributed by atoms with Gasteiger partial charge in [-0.2, -0.15) is 0 Å². The molecule has 0 saturated carbocycles. The van der Waals surface area contributed by atoms with Gasteiger partial charge in [0.15, 0.2) is 0 Å². The summed E-state index contributed by atoms with van der Waals surface area (Å²) < 4.78 is 13.0. The highest BCUT2D eigenvalue weighted by Crippen LogP contribution is 2.27. The standard InChI is InChI=1S/C22H33N5O3/c1-22(2,3)30-21(28)24-16-6-5-10-27(13-16)20-25-18-12-15(7-8-19(18)26(20)4)23-17-9-11-29-14-17/h7-8,12,16-17,23H,5-6,9-11,13-14H2,1-4H3,(H,24,28)/t16-,17?/m1/s1. The molecule has 2 fully saturated rings. The van der Waals surface area contributed by atoms with Crippen LogP contribution in [0.3, 0.4) is 0 Å². The number of benzene rings is 1. The number of anilines is 2. The van der Waals surface area contributed by atoms with Crippen molar-refractivity contribution < 1.29 is 14.3 Å². The lowest BCUT2D eigenvalue weighted by molar-refractivity contribution is 0.0500. The minimum atomic E-state index is -0.494. The second kappa shape index (κ2) is 8.34. The number of aryl methyl sites for hydroxylation is 1. The Morgan fingerprint density at radius 2 is 2.10 bits per heavy atom. The molecule has 0 spiro atoms. The number of carbonyl (C=O) groups excluding carboxylic acids is 1. The van der Waals surface area contributed by atoms with Crippen LogP contribution in [0.25, 0.3) is 11.0 Å². The number of rotatable bonds is 4. The van der Waals surface area contributed by atoms with Crippen molar-refractivity contribution in [2.24, 2.45) is 7.05 Å². The van der Waals surface area contributed by atoms with Crippen molar-refractivity contribution in [1.82, 2.24) is 14.9 Å². The Balaban J connectivity index is 1.46. The molecule has 2 aliphatic heterocycles. The number of imidazole rings is 1. The third-order valence-electron chi connectivity index (χ3n) is 5.58. The number of aromatic nitrogens is 2. The summed E-state index contributed by atoms with van der Waals surface area (Å²) in [5.41, 5.74) is 2.65. The van der Waals surface area contributed by atoms with Gasteiger partial charge < -0.3 is 29.6 Å². The number of nitrogens with zero attached hydrogens (tertiary/aromatic N) is 3. The SMILES string of the molecule is Cn1c(N2CCC[C@@H](NC(=O)OC(C)(C)C)C2)nc2cc(NC3CCOC3)ccc21. The van der Waals surface area contributed by atoms with Crippen LogP contribution >= 0.6 is 0 Å². The first-order valence-corrected chi connectivity index (χ1v) is 10.8. The van der Waals surface area contributed by atoms with Gasteiger partial charge in [0.2, 0.25) is 5.95 Å². The van der Waals surface area contributed by atoms with Crippen molar-refractivity contribution in [3.05, 3.63) is 18.2 Å². The van der Waals surface area contributed by atoms with Gasteiger partial charge >= 0.3 is 6.09 Å². The normalized spacial score (nSPS) is 22.3. The molecule has 1 amide bonds. The number of fused-ring (bicyclic) bond motifs is 1. The van der Waals surface area contributed by atoms with E-state index in [0.29, 0.717) is 6.04 Å². The van der Waals surface area contributed by atoms with Crippen LogP contribution in [-0.2, 0) is 16.5 Å². The lowest BCUT2D eigenvalue weighted by Crippen LogP contribution is -2.49. The first-order valence-electron chi connectivity index (χ1n) is 10.8. The summed E-state index contributed by atoms with van der Waals surface area (Å²) in [7, 11) is 2.05. The monoisotopic (exact) mass is 415 g/mol. The van der Waals surface area contributed by atoms with Gasteiger partial charge in [0.1, 0.15) is 5.60 Å². The van der Waals surface area contributed by atoms with E-state index in [9.17, 15) is 4.79 Å². The molecular weight excluding hydrogens is 382 g/mol. The molecule has 164 valence electrons. The number of alkyl carbamates (subject to hydrolysis) is 1. The van der Waals surface area contributed by atoms with E-state index in [-0.39, 0.29) is 12.1 Å². The van der Waals surface area contributed by atoms with E-state index in [1.165, 1.54) is 0 Å².